The number of nitrogens with one attached hydrogen (secondary N) is 1. The van der Waals surface area contributed by atoms with E-state index in [-0.39, 0.29) is 17.2 Å². The van der Waals surface area contributed by atoms with Crippen molar-refractivity contribution < 1.29 is 4.79 Å². The Kier molecular flexibility index (Phi) is 6.42. The second-order valence-corrected chi connectivity index (χ2v) is 7.98. The number of amides is 1. The molecule has 0 saturated heterocycles. The highest BCUT2D eigenvalue weighted by Crippen LogP contribution is 2.22. The van der Waals surface area contributed by atoms with E-state index in [9.17, 15) is 9.59 Å². The number of anilines is 1. The standard InChI is InChI=1S/C21H27N5O2S/c1-6-11-25-20(28)19-18(15(5)24-26(19)7-2)23-21(25)29-12-17(27)22-16-10-8-9-13(3)14(16)4/h8-10H,6-7,11-12H2,1-5H3,(H,22,27). The quantitative estimate of drug-likeness (QED) is 0.472. The van der Waals surface area contributed by atoms with Crippen LogP contribution >= 0.6 is 11.8 Å². The van der Waals surface area contributed by atoms with Gasteiger partial charge in [0.2, 0.25) is 5.91 Å². The first kappa shape index (κ1) is 21.1. The molecule has 0 fully saturated rings. The third-order valence-electron chi connectivity index (χ3n) is 4.94. The number of nitrogens with zero attached hydrogens (tertiary/aromatic N) is 4. The number of fused-ring (bicyclic) bond motifs is 1. The minimum Gasteiger partial charge on any atom is -0.325 e. The monoisotopic (exact) mass is 413 g/mol. The summed E-state index contributed by atoms with van der Waals surface area (Å²) in [5.41, 5.74) is 4.76. The number of aryl methyl sites for hydroxylation is 3. The van der Waals surface area contributed by atoms with E-state index < -0.39 is 0 Å². The topological polar surface area (TPSA) is 81.8 Å². The first-order chi connectivity index (χ1) is 13.9. The highest BCUT2D eigenvalue weighted by Gasteiger charge is 2.18. The number of thioether (sulfide) groups is 1. The highest BCUT2D eigenvalue weighted by molar-refractivity contribution is 7.99. The Morgan fingerprint density at radius 3 is 2.66 bits per heavy atom. The molecule has 0 unspecified atom stereocenters. The van der Waals surface area contributed by atoms with Crippen molar-refractivity contribution in [2.45, 2.75) is 59.3 Å². The zero-order valence-electron chi connectivity index (χ0n) is 17.6. The van der Waals surface area contributed by atoms with E-state index in [0.717, 1.165) is 28.9 Å². The average molecular weight is 414 g/mol. The zero-order chi connectivity index (χ0) is 21.1. The van der Waals surface area contributed by atoms with Crippen LogP contribution < -0.4 is 10.9 Å². The Bertz CT molecular complexity index is 1120. The maximum atomic E-state index is 13.1. The number of carbonyl (C=O) groups is 1. The molecule has 3 aromatic rings. The summed E-state index contributed by atoms with van der Waals surface area (Å²) >= 11 is 1.28. The van der Waals surface area contributed by atoms with Gasteiger partial charge in [-0.3, -0.25) is 18.8 Å². The predicted octanol–water partition coefficient (Wildman–Crippen LogP) is 3.68. The van der Waals surface area contributed by atoms with Crippen LogP contribution in [0.5, 0.6) is 0 Å². The van der Waals surface area contributed by atoms with E-state index in [1.807, 2.05) is 52.8 Å². The maximum Gasteiger partial charge on any atom is 0.280 e. The molecule has 0 atom stereocenters. The lowest BCUT2D eigenvalue weighted by atomic mass is 10.1. The van der Waals surface area contributed by atoms with E-state index >= 15 is 0 Å². The highest BCUT2D eigenvalue weighted by atomic mass is 32.2. The largest absolute Gasteiger partial charge is 0.325 e. The lowest BCUT2D eigenvalue weighted by Crippen LogP contribution is -2.25. The van der Waals surface area contributed by atoms with Gasteiger partial charge in [-0.15, -0.1) is 0 Å². The van der Waals surface area contributed by atoms with Gasteiger partial charge < -0.3 is 5.32 Å². The summed E-state index contributed by atoms with van der Waals surface area (Å²) in [4.78, 5) is 30.3. The molecule has 8 heteroatoms. The van der Waals surface area contributed by atoms with Crippen LogP contribution in [0.2, 0.25) is 0 Å². The van der Waals surface area contributed by atoms with Crippen LogP contribution in [0.3, 0.4) is 0 Å². The molecule has 29 heavy (non-hydrogen) atoms. The van der Waals surface area contributed by atoms with Crippen LogP contribution in [0.1, 0.15) is 37.1 Å². The maximum absolute atomic E-state index is 13.1. The van der Waals surface area contributed by atoms with Crippen LogP contribution in [0.4, 0.5) is 5.69 Å². The van der Waals surface area contributed by atoms with E-state index in [2.05, 4.69) is 10.4 Å². The van der Waals surface area contributed by atoms with Gasteiger partial charge in [0.1, 0.15) is 5.52 Å². The van der Waals surface area contributed by atoms with Gasteiger partial charge in [0, 0.05) is 18.8 Å². The summed E-state index contributed by atoms with van der Waals surface area (Å²) in [5, 5.41) is 7.95. The minimum atomic E-state index is -0.123. The van der Waals surface area contributed by atoms with Gasteiger partial charge in [-0.1, -0.05) is 30.8 Å². The van der Waals surface area contributed by atoms with Gasteiger partial charge in [0.05, 0.1) is 11.4 Å². The number of rotatable bonds is 7. The fraction of sp³-hybridized carbons (Fsp3) is 0.429. The van der Waals surface area contributed by atoms with Crippen LogP contribution in [0.15, 0.2) is 28.2 Å². The summed E-state index contributed by atoms with van der Waals surface area (Å²) in [6, 6.07) is 5.83. The summed E-state index contributed by atoms with van der Waals surface area (Å²) in [6.45, 7) is 11.0. The predicted molar refractivity (Wildman–Crippen MR) is 118 cm³/mol. The van der Waals surface area contributed by atoms with Crippen molar-refractivity contribution in [1.82, 2.24) is 19.3 Å². The number of hydrogen-bond acceptors (Lipinski definition) is 5. The molecule has 0 aliphatic carbocycles. The number of benzene rings is 1. The molecule has 0 aliphatic heterocycles. The summed E-state index contributed by atoms with van der Waals surface area (Å²) in [5.74, 6) is 0.0535. The number of hydrogen-bond donors (Lipinski definition) is 1. The molecule has 3 rings (SSSR count). The first-order valence-electron chi connectivity index (χ1n) is 9.84. The fourth-order valence-electron chi connectivity index (χ4n) is 3.25. The lowest BCUT2D eigenvalue weighted by molar-refractivity contribution is -0.113. The van der Waals surface area contributed by atoms with Crippen molar-refractivity contribution in [1.29, 1.82) is 0 Å². The Morgan fingerprint density at radius 1 is 1.21 bits per heavy atom. The van der Waals surface area contributed by atoms with Gasteiger partial charge in [-0.25, -0.2) is 4.98 Å². The van der Waals surface area contributed by atoms with Crippen molar-refractivity contribution in [3.05, 3.63) is 45.4 Å². The van der Waals surface area contributed by atoms with Gasteiger partial charge in [0.15, 0.2) is 10.7 Å². The molecule has 1 aromatic carbocycles. The number of aromatic nitrogens is 4. The molecule has 0 saturated carbocycles. The molecule has 2 heterocycles. The third-order valence-corrected chi connectivity index (χ3v) is 5.92. The van der Waals surface area contributed by atoms with E-state index in [1.165, 1.54) is 11.8 Å². The Balaban J connectivity index is 1.88. The van der Waals surface area contributed by atoms with Crippen molar-refractivity contribution in [3.63, 3.8) is 0 Å². The van der Waals surface area contributed by atoms with Gasteiger partial charge in [-0.05, 0) is 51.3 Å². The molecule has 154 valence electrons. The second-order valence-electron chi connectivity index (χ2n) is 7.03. The van der Waals surface area contributed by atoms with Crippen molar-refractivity contribution in [2.75, 3.05) is 11.1 Å². The van der Waals surface area contributed by atoms with Gasteiger partial charge in [-0.2, -0.15) is 5.10 Å². The van der Waals surface area contributed by atoms with Crippen molar-refractivity contribution >= 4 is 34.4 Å². The van der Waals surface area contributed by atoms with Gasteiger partial charge >= 0.3 is 0 Å². The van der Waals surface area contributed by atoms with Crippen LogP contribution in [-0.4, -0.2) is 31.0 Å². The Morgan fingerprint density at radius 2 is 1.97 bits per heavy atom. The van der Waals surface area contributed by atoms with Crippen molar-refractivity contribution in [2.24, 2.45) is 0 Å². The van der Waals surface area contributed by atoms with E-state index in [0.29, 0.717) is 29.3 Å². The van der Waals surface area contributed by atoms with Crippen molar-refractivity contribution in [3.8, 4) is 0 Å². The summed E-state index contributed by atoms with van der Waals surface area (Å²) in [6.07, 6.45) is 0.800. The van der Waals surface area contributed by atoms with Crippen LogP contribution in [-0.2, 0) is 17.9 Å². The average Bonchev–Trinajstić information content (AvgIpc) is 3.02. The second kappa shape index (κ2) is 8.82. The lowest BCUT2D eigenvalue weighted by Gasteiger charge is -2.13. The normalized spacial score (nSPS) is 11.2. The first-order valence-corrected chi connectivity index (χ1v) is 10.8. The molecule has 0 aliphatic rings. The van der Waals surface area contributed by atoms with E-state index in [1.54, 1.807) is 9.25 Å². The smallest absolute Gasteiger partial charge is 0.280 e. The molecule has 1 N–H and O–H groups in total. The van der Waals surface area contributed by atoms with E-state index in [4.69, 9.17) is 4.98 Å². The zero-order valence-corrected chi connectivity index (χ0v) is 18.4. The molecule has 2 aromatic heterocycles. The molecule has 0 radical (unpaired) electrons. The Labute approximate surface area is 174 Å². The summed E-state index contributed by atoms with van der Waals surface area (Å²) in [7, 11) is 0. The van der Waals surface area contributed by atoms with Crippen LogP contribution in [0.25, 0.3) is 11.0 Å². The molecule has 1 amide bonds. The fourth-order valence-corrected chi connectivity index (χ4v) is 4.07. The molecular weight excluding hydrogens is 386 g/mol. The third kappa shape index (κ3) is 4.22. The van der Waals surface area contributed by atoms with Gasteiger partial charge in [0.25, 0.3) is 5.56 Å². The summed E-state index contributed by atoms with van der Waals surface area (Å²) < 4.78 is 3.36. The molecular formula is C21H27N5O2S. The molecule has 0 bridgehead atoms. The SMILES string of the molecule is CCCn1c(SCC(=O)Nc2cccc(C)c2C)nc2c(C)nn(CC)c2c1=O. The molecule has 0 spiro atoms. The Hall–Kier alpha value is -2.61. The number of carbonyl (C=O) groups excluding carboxylic acids is 1. The van der Waals surface area contributed by atoms with Crippen LogP contribution in [0, 0.1) is 20.8 Å². The minimum absolute atomic E-state index is 0.100. The molecule has 7 nitrogen and oxygen atoms in total.